The fourth-order valence-electron chi connectivity index (χ4n) is 3.32. The molecule has 2 atom stereocenters. The molecular weight excluding hydrogens is 338 g/mol. The van der Waals surface area contributed by atoms with Crippen LogP contribution in [0.3, 0.4) is 0 Å². The number of hydrogen-bond acceptors (Lipinski definition) is 5. The first-order valence-corrected chi connectivity index (χ1v) is 10.5. The van der Waals surface area contributed by atoms with Crippen molar-refractivity contribution in [2.45, 2.75) is 30.8 Å². The third-order valence-corrected chi connectivity index (χ3v) is 5.81. The van der Waals surface area contributed by atoms with E-state index in [0.717, 1.165) is 19.3 Å². The van der Waals surface area contributed by atoms with E-state index in [-0.39, 0.29) is 22.9 Å². The second kappa shape index (κ2) is 7.85. The first-order chi connectivity index (χ1) is 11.6. The van der Waals surface area contributed by atoms with E-state index in [9.17, 15) is 13.2 Å². The molecule has 2 unspecified atom stereocenters. The monoisotopic (exact) mass is 367 g/mol. The highest BCUT2D eigenvalue weighted by molar-refractivity contribution is 7.90. The number of rotatable bonds is 5. The standard InChI is InChI=1S/C18H29N3O3S/c1-14-12-20(13-15(2)21(14)10-9-19(3)4)18(22)16-7-6-8-17(11-16)25(5,23)24/h6-8,11,14-15H,9-10,12-13H2,1-5H3. The number of benzene rings is 1. The maximum Gasteiger partial charge on any atom is 0.254 e. The zero-order chi connectivity index (χ0) is 18.8. The highest BCUT2D eigenvalue weighted by Crippen LogP contribution is 2.19. The molecule has 7 heteroatoms. The fraction of sp³-hybridized carbons (Fsp3) is 0.611. The van der Waals surface area contributed by atoms with Crippen LogP contribution in [0, 0.1) is 0 Å². The second-order valence-corrected chi connectivity index (χ2v) is 9.27. The Labute approximate surface area is 151 Å². The number of sulfone groups is 1. The quantitative estimate of drug-likeness (QED) is 0.782. The van der Waals surface area contributed by atoms with Gasteiger partial charge in [0.15, 0.2) is 9.84 Å². The highest BCUT2D eigenvalue weighted by Gasteiger charge is 2.32. The predicted octanol–water partition coefficient (Wildman–Crippen LogP) is 1.19. The second-order valence-electron chi connectivity index (χ2n) is 7.25. The molecule has 2 rings (SSSR count). The minimum atomic E-state index is -3.32. The largest absolute Gasteiger partial charge is 0.336 e. The summed E-state index contributed by atoms with van der Waals surface area (Å²) < 4.78 is 23.4. The van der Waals surface area contributed by atoms with Gasteiger partial charge < -0.3 is 9.80 Å². The zero-order valence-corrected chi connectivity index (χ0v) is 16.6. The van der Waals surface area contributed by atoms with Gasteiger partial charge in [0.1, 0.15) is 0 Å². The lowest BCUT2D eigenvalue weighted by atomic mass is 10.1. The zero-order valence-electron chi connectivity index (χ0n) is 15.8. The molecule has 0 saturated carbocycles. The molecule has 1 aliphatic rings. The van der Waals surface area contributed by atoms with Crippen LogP contribution in [-0.4, -0.2) is 87.6 Å². The molecule has 0 aromatic heterocycles. The number of likely N-dealkylation sites (N-methyl/N-ethyl adjacent to an activating group) is 1. The molecular formula is C18H29N3O3S. The minimum Gasteiger partial charge on any atom is -0.336 e. The molecule has 0 spiro atoms. The number of nitrogens with zero attached hydrogens (tertiary/aromatic N) is 3. The Hall–Kier alpha value is -1.44. The lowest BCUT2D eigenvalue weighted by molar-refractivity contribution is 0.0282. The SMILES string of the molecule is CC1CN(C(=O)c2cccc(S(C)(=O)=O)c2)CC(C)N1CCN(C)C. The van der Waals surface area contributed by atoms with Crippen LogP contribution >= 0.6 is 0 Å². The fourth-order valence-corrected chi connectivity index (χ4v) is 3.99. The lowest BCUT2D eigenvalue weighted by Gasteiger charge is -2.44. The Bertz CT molecular complexity index is 706. The van der Waals surface area contributed by atoms with E-state index in [1.807, 2.05) is 4.90 Å². The molecule has 1 fully saturated rings. The number of piperazine rings is 1. The van der Waals surface area contributed by atoms with Crippen molar-refractivity contribution >= 4 is 15.7 Å². The van der Waals surface area contributed by atoms with Crippen LogP contribution in [0.5, 0.6) is 0 Å². The molecule has 6 nitrogen and oxygen atoms in total. The Balaban J connectivity index is 2.12. The summed E-state index contributed by atoms with van der Waals surface area (Å²) >= 11 is 0. The van der Waals surface area contributed by atoms with E-state index in [1.54, 1.807) is 12.1 Å². The Morgan fingerprint density at radius 1 is 1.20 bits per heavy atom. The topological polar surface area (TPSA) is 60.9 Å². The lowest BCUT2D eigenvalue weighted by Crippen LogP contribution is -2.59. The Morgan fingerprint density at radius 2 is 1.80 bits per heavy atom. The van der Waals surface area contributed by atoms with E-state index >= 15 is 0 Å². The molecule has 1 aliphatic heterocycles. The van der Waals surface area contributed by atoms with Crippen LogP contribution in [0.4, 0.5) is 0 Å². The van der Waals surface area contributed by atoms with Crippen molar-refractivity contribution in [1.29, 1.82) is 0 Å². The summed E-state index contributed by atoms with van der Waals surface area (Å²) in [5.74, 6) is -0.101. The van der Waals surface area contributed by atoms with Gasteiger partial charge in [-0.15, -0.1) is 0 Å². The molecule has 140 valence electrons. The van der Waals surface area contributed by atoms with Crippen molar-refractivity contribution in [1.82, 2.24) is 14.7 Å². The molecule has 0 radical (unpaired) electrons. The van der Waals surface area contributed by atoms with Gasteiger partial charge in [-0.05, 0) is 46.1 Å². The Kier molecular flexibility index (Phi) is 6.24. The number of carbonyl (C=O) groups excluding carboxylic acids is 1. The van der Waals surface area contributed by atoms with Crippen LogP contribution in [0.1, 0.15) is 24.2 Å². The molecule has 1 aromatic rings. The molecule has 1 saturated heterocycles. The van der Waals surface area contributed by atoms with Crippen LogP contribution in [0.2, 0.25) is 0 Å². The summed E-state index contributed by atoms with van der Waals surface area (Å²) in [6.45, 7) is 7.54. The summed E-state index contributed by atoms with van der Waals surface area (Å²) in [6, 6.07) is 6.85. The van der Waals surface area contributed by atoms with E-state index in [2.05, 4.69) is 37.7 Å². The molecule has 1 aromatic carbocycles. The smallest absolute Gasteiger partial charge is 0.254 e. The predicted molar refractivity (Wildman–Crippen MR) is 99.6 cm³/mol. The van der Waals surface area contributed by atoms with Gasteiger partial charge in [-0.3, -0.25) is 9.69 Å². The van der Waals surface area contributed by atoms with Crippen molar-refractivity contribution in [3.63, 3.8) is 0 Å². The number of hydrogen-bond donors (Lipinski definition) is 0. The van der Waals surface area contributed by atoms with Crippen molar-refractivity contribution in [2.24, 2.45) is 0 Å². The summed E-state index contributed by atoms with van der Waals surface area (Å²) in [5, 5.41) is 0. The van der Waals surface area contributed by atoms with Crippen LogP contribution in [0.15, 0.2) is 29.2 Å². The number of amides is 1. The van der Waals surface area contributed by atoms with E-state index < -0.39 is 9.84 Å². The van der Waals surface area contributed by atoms with E-state index in [1.165, 1.54) is 12.1 Å². The van der Waals surface area contributed by atoms with Crippen LogP contribution < -0.4 is 0 Å². The minimum absolute atomic E-state index is 0.101. The first-order valence-electron chi connectivity index (χ1n) is 8.59. The van der Waals surface area contributed by atoms with Gasteiger partial charge >= 0.3 is 0 Å². The normalized spacial score (nSPS) is 22.4. The van der Waals surface area contributed by atoms with Crippen LogP contribution in [-0.2, 0) is 9.84 Å². The molecule has 25 heavy (non-hydrogen) atoms. The number of carbonyl (C=O) groups is 1. The molecule has 0 aliphatic carbocycles. The van der Waals surface area contributed by atoms with Crippen molar-refractivity contribution < 1.29 is 13.2 Å². The molecule has 1 heterocycles. The van der Waals surface area contributed by atoms with Gasteiger partial charge in [0.25, 0.3) is 5.91 Å². The summed E-state index contributed by atoms with van der Waals surface area (Å²) in [4.78, 5) is 19.5. The Morgan fingerprint density at radius 3 is 2.32 bits per heavy atom. The molecule has 0 N–H and O–H groups in total. The average Bonchev–Trinajstić information content (AvgIpc) is 2.52. The molecule has 1 amide bonds. The van der Waals surface area contributed by atoms with Gasteiger partial charge in [0.2, 0.25) is 0 Å². The summed E-state index contributed by atoms with van der Waals surface area (Å²) in [7, 11) is 0.800. The van der Waals surface area contributed by atoms with Crippen molar-refractivity contribution in [3.8, 4) is 0 Å². The third kappa shape index (κ3) is 5.03. The average molecular weight is 368 g/mol. The third-order valence-electron chi connectivity index (χ3n) is 4.70. The van der Waals surface area contributed by atoms with Crippen LogP contribution in [0.25, 0.3) is 0 Å². The van der Waals surface area contributed by atoms with Gasteiger partial charge in [0.05, 0.1) is 4.90 Å². The maximum atomic E-state index is 12.8. The van der Waals surface area contributed by atoms with Gasteiger partial charge in [0, 0.05) is 50.1 Å². The first kappa shape index (κ1) is 19.9. The van der Waals surface area contributed by atoms with E-state index in [4.69, 9.17) is 0 Å². The van der Waals surface area contributed by atoms with Gasteiger partial charge in [-0.2, -0.15) is 0 Å². The summed E-state index contributed by atoms with van der Waals surface area (Å²) in [5.41, 5.74) is 0.434. The van der Waals surface area contributed by atoms with E-state index in [0.29, 0.717) is 18.7 Å². The highest BCUT2D eigenvalue weighted by atomic mass is 32.2. The summed E-state index contributed by atoms with van der Waals surface area (Å²) in [6.07, 6.45) is 1.16. The van der Waals surface area contributed by atoms with Gasteiger partial charge in [-0.25, -0.2) is 8.42 Å². The van der Waals surface area contributed by atoms with Gasteiger partial charge in [-0.1, -0.05) is 6.07 Å². The van der Waals surface area contributed by atoms with Crippen molar-refractivity contribution in [3.05, 3.63) is 29.8 Å². The molecule has 0 bridgehead atoms. The van der Waals surface area contributed by atoms with Crippen molar-refractivity contribution in [2.75, 3.05) is 46.5 Å². The maximum absolute atomic E-state index is 12.8.